The van der Waals surface area contributed by atoms with Crippen LogP contribution in [0.2, 0.25) is 0 Å². The second-order valence-corrected chi connectivity index (χ2v) is 13.1. The number of rotatable bonds is 3. The van der Waals surface area contributed by atoms with Crippen LogP contribution in [0.25, 0.3) is 77.1 Å². The van der Waals surface area contributed by atoms with Gasteiger partial charge in [-0.2, -0.15) is 0 Å². The lowest BCUT2D eigenvalue weighted by Crippen LogP contribution is -2.12. The van der Waals surface area contributed by atoms with Crippen LogP contribution in [0.15, 0.2) is 140 Å². The summed E-state index contributed by atoms with van der Waals surface area (Å²) in [6, 6.07) is 45.8. The SMILES string of the molecule is CC(C)(C)c1ccnc(-n2c3ccccc3c3ccc(-n4c5ccccc5c5c6ccccc6c(-c6ccccn6)cc54)cc32)c1. The van der Waals surface area contributed by atoms with Crippen molar-refractivity contribution in [2.24, 2.45) is 0 Å². The predicted molar refractivity (Wildman–Crippen MR) is 192 cm³/mol. The molecular weight excluding hydrogens is 560 g/mol. The smallest absolute Gasteiger partial charge is 0.137 e. The van der Waals surface area contributed by atoms with Crippen molar-refractivity contribution in [3.63, 3.8) is 0 Å². The fourth-order valence-corrected chi connectivity index (χ4v) is 7.19. The molecule has 0 atom stereocenters. The Hall–Kier alpha value is -5.74. The van der Waals surface area contributed by atoms with Crippen LogP contribution in [0.1, 0.15) is 26.3 Å². The summed E-state index contributed by atoms with van der Waals surface area (Å²) >= 11 is 0. The fraction of sp³-hybridized carbons (Fsp3) is 0.0952. The van der Waals surface area contributed by atoms with Gasteiger partial charge in [-0.15, -0.1) is 0 Å². The first kappa shape index (κ1) is 26.6. The van der Waals surface area contributed by atoms with Gasteiger partial charge in [-0.05, 0) is 76.3 Å². The zero-order chi connectivity index (χ0) is 31.0. The first-order valence-electron chi connectivity index (χ1n) is 15.8. The summed E-state index contributed by atoms with van der Waals surface area (Å²) in [5.74, 6) is 0.932. The highest BCUT2D eigenvalue weighted by Gasteiger charge is 2.21. The normalized spacial score (nSPS) is 12.2. The Morgan fingerprint density at radius 3 is 1.91 bits per heavy atom. The van der Waals surface area contributed by atoms with Crippen LogP contribution in [-0.4, -0.2) is 19.1 Å². The second kappa shape index (κ2) is 9.88. The van der Waals surface area contributed by atoms with Crippen molar-refractivity contribution < 1.29 is 0 Å². The molecule has 0 fully saturated rings. The summed E-state index contributed by atoms with van der Waals surface area (Å²) in [6.45, 7) is 6.75. The first-order valence-corrected chi connectivity index (χ1v) is 15.8. The monoisotopic (exact) mass is 592 g/mol. The Bertz CT molecular complexity index is 2620. The lowest BCUT2D eigenvalue weighted by atomic mass is 9.88. The number of hydrogen-bond donors (Lipinski definition) is 0. The van der Waals surface area contributed by atoms with Crippen LogP contribution in [0.4, 0.5) is 0 Å². The van der Waals surface area contributed by atoms with Crippen molar-refractivity contribution in [3.05, 3.63) is 145 Å². The molecule has 0 saturated carbocycles. The van der Waals surface area contributed by atoms with Crippen molar-refractivity contribution in [3.8, 4) is 22.8 Å². The molecule has 9 rings (SSSR count). The van der Waals surface area contributed by atoms with Gasteiger partial charge in [0.25, 0.3) is 0 Å². The van der Waals surface area contributed by atoms with Crippen LogP contribution in [0.3, 0.4) is 0 Å². The molecule has 46 heavy (non-hydrogen) atoms. The van der Waals surface area contributed by atoms with E-state index in [-0.39, 0.29) is 5.41 Å². The van der Waals surface area contributed by atoms with Crippen molar-refractivity contribution in [1.29, 1.82) is 0 Å². The molecule has 0 aliphatic carbocycles. The maximum absolute atomic E-state index is 4.92. The molecule has 5 aromatic carbocycles. The van der Waals surface area contributed by atoms with E-state index in [2.05, 4.69) is 151 Å². The summed E-state index contributed by atoms with van der Waals surface area (Å²) in [5.41, 5.74) is 9.11. The highest BCUT2D eigenvalue weighted by molar-refractivity contribution is 6.24. The number of nitrogens with zero attached hydrogens (tertiary/aromatic N) is 4. The quantitative estimate of drug-likeness (QED) is 0.205. The molecule has 0 radical (unpaired) electrons. The third-order valence-corrected chi connectivity index (χ3v) is 9.38. The molecule has 0 amide bonds. The molecule has 0 spiro atoms. The van der Waals surface area contributed by atoms with Crippen LogP contribution >= 0.6 is 0 Å². The molecule has 220 valence electrons. The predicted octanol–water partition coefficient (Wildman–Crippen LogP) is 10.8. The molecule has 4 heterocycles. The number of para-hydroxylation sites is 2. The van der Waals surface area contributed by atoms with Crippen molar-refractivity contribution in [1.82, 2.24) is 19.1 Å². The van der Waals surface area contributed by atoms with Gasteiger partial charge in [0.1, 0.15) is 5.82 Å². The number of benzene rings is 5. The summed E-state index contributed by atoms with van der Waals surface area (Å²) in [7, 11) is 0. The Morgan fingerprint density at radius 2 is 1.15 bits per heavy atom. The highest BCUT2D eigenvalue weighted by atomic mass is 15.1. The van der Waals surface area contributed by atoms with Gasteiger partial charge in [0, 0.05) is 45.2 Å². The average Bonchev–Trinajstić information content (AvgIpc) is 3.60. The molecule has 9 aromatic rings. The Morgan fingerprint density at radius 1 is 0.478 bits per heavy atom. The molecule has 0 unspecified atom stereocenters. The molecule has 0 bridgehead atoms. The molecule has 0 aliphatic heterocycles. The summed E-state index contributed by atoms with van der Waals surface area (Å²) in [6.07, 6.45) is 3.82. The van der Waals surface area contributed by atoms with E-state index in [1.165, 1.54) is 43.4 Å². The number of pyridine rings is 2. The van der Waals surface area contributed by atoms with E-state index >= 15 is 0 Å². The van der Waals surface area contributed by atoms with E-state index in [0.717, 1.165) is 39.3 Å². The lowest BCUT2D eigenvalue weighted by Gasteiger charge is -2.20. The van der Waals surface area contributed by atoms with Crippen LogP contribution in [0.5, 0.6) is 0 Å². The van der Waals surface area contributed by atoms with Crippen LogP contribution < -0.4 is 0 Å². The van der Waals surface area contributed by atoms with Crippen LogP contribution in [0, 0.1) is 0 Å². The summed E-state index contributed by atoms with van der Waals surface area (Å²) in [5, 5.41) is 7.36. The van der Waals surface area contributed by atoms with Gasteiger partial charge >= 0.3 is 0 Å². The van der Waals surface area contributed by atoms with Gasteiger partial charge in [-0.25, -0.2) is 4.98 Å². The summed E-state index contributed by atoms with van der Waals surface area (Å²) < 4.78 is 4.75. The van der Waals surface area contributed by atoms with Gasteiger partial charge in [0.05, 0.1) is 27.8 Å². The minimum absolute atomic E-state index is 0.0126. The lowest BCUT2D eigenvalue weighted by molar-refractivity contribution is 0.588. The minimum atomic E-state index is 0.0126. The van der Waals surface area contributed by atoms with Crippen molar-refractivity contribution in [2.45, 2.75) is 26.2 Å². The average molecular weight is 593 g/mol. The Kier molecular flexibility index (Phi) is 5.72. The van der Waals surface area contributed by atoms with Gasteiger partial charge in [0.2, 0.25) is 0 Å². The summed E-state index contributed by atoms with van der Waals surface area (Å²) in [4.78, 5) is 9.69. The number of aromatic nitrogens is 4. The van der Waals surface area contributed by atoms with Crippen LogP contribution in [-0.2, 0) is 5.41 Å². The molecule has 4 aromatic heterocycles. The second-order valence-electron chi connectivity index (χ2n) is 13.1. The maximum atomic E-state index is 4.92. The molecule has 0 saturated heterocycles. The highest BCUT2D eigenvalue weighted by Crippen LogP contribution is 2.42. The first-order chi connectivity index (χ1) is 22.5. The van der Waals surface area contributed by atoms with Gasteiger partial charge in [-0.3, -0.25) is 9.55 Å². The topological polar surface area (TPSA) is 35.6 Å². The molecule has 0 N–H and O–H groups in total. The van der Waals surface area contributed by atoms with E-state index in [0.29, 0.717) is 0 Å². The van der Waals surface area contributed by atoms with E-state index < -0.39 is 0 Å². The van der Waals surface area contributed by atoms with Gasteiger partial charge < -0.3 is 4.57 Å². The zero-order valence-electron chi connectivity index (χ0n) is 26.1. The maximum Gasteiger partial charge on any atom is 0.137 e. The largest absolute Gasteiger partial charge is 0.309 e. The Balaban J connectivity index is 1.39. The number of hydrogen-bond acceptors (Lipinski definition) is 2. The molecule has 4 nitrogen and oxygen atoms in total. The Labute approximate surface area is 267 Å². The molecule has 0 aliphatic rings. The van der Waals surface area contributed by atoms with E-state index in [4.69, 9.17) is 9.97 Å². The van der Waals surface area contributed by atoms with Crippen molar-refractivity contribution >= 4 is 54.4 Å². The molecule has 4 heteroatoms. The zero-order valence-corrected chi connectivity index (χ0v) is 26.1. The van der Waals surface area contributed by atoms with Crippen molar-refractivity contribution in [2.75, 3.05) is 0 Å². The van der Waals surface area contributed by atoms with E-state index in [1.807, 2.05) is 18.5 Å². The fourth-order valence-electron chi connectivity index (χ4n) is 7.19. The van der Waals surface area contributed by atoms with E-state index in [1.54, 1.807) is 0 Å². The van der Waals surface area contributed by atoms with Gasteiger partial charge in [-0.1, -0.05) is 93.6 Å². The van der Waals surface area contributed by atoms with E-state index in [9.17, 15) is 0 Å². The molecular formula is C42H32N4. The third kappa shape index (κ3) is 3.93. The third-order valence-electron chi connectivity index (χ3n) is 9.38. The standard InChI is InChI=1S/C42H32N4/c1-42(2,3)27-21-23-44-40(24-27)46-36-17-8-6-13-30(36)31-20-19-28(25-38(31)46)45-37-18-9-7-15-33(37)41-32-14-5-4-12-29(32)34(26-39(41)45)35-16-10-11-22-43-35/h4-26H,1-3H3. The number of fused-ring (bicyclic) bond motifs is 8. The van der Waals surface area contributed by atoms with Gasteiger partial charge in [0.15, 0.2) is 0 Å². The minimum Gasteiger partial charge on any atom is -0.309 e.